The molecule has 1 aliphatic heterocycles. The summed E-state index contributed by atoms with van der Waals surface area (Å²) in [6, 6.07) is 9.58. The summed E-state index contributed by atoms with van der Waals surface area (Å²) in [5, 5.41) is 6.91. The molecular weight excluding hydrogens is 292 g/mol. The molecule has 0 unspecified atom stereocenters. The monoisotopic (exact) mass is 312 g/mol. The Kier molecular flexibility index (Phi) is 4.14. The van der Waals surface area contributed by atoms with Gasteiger partial charge in [-0.3, -0.25) is 14.3 Å². The lowest BCUT2D eigenvalue weighted by Crippen LogP contribution is -2.28. The molecule has 1 atom stereocenters. The molecular formula is C17H20N4O2. The van der Waals surface area contributed by atoms with E-state index in [-0.39, 0.29) is 24.2 Å². The van der Waals surface area contributed by atoms with Crippen LogP contribution in [0.3, 0.4) is 0 Å². The van der Waals surface area contributed by atoms with E-state index < -0.39 is 0 Å². The maximum Gasteiger partial charge on any atom is 0.231 e. The Labute approximate surface area is 135 Å². The zero-order chi connectivity index (χ0) is 16.4. The standard InChI is InChI=1S/C17H20N4O2/c1-3-12-6-4-5-7-14(12)21-11-13(10-16(21)22)17(23)18-15-8-9-20(2)19-15/h4-9,13H,3,10-11H2,1-2H3,(H,18,19,23)/t13-/m1/s1. The Balaban J connectivity index is 1.73. The Morgan fingerprint density at radius 2 is 2.13 bits per heavy atom. The first kappa shape index (κ1) is 15.3. The molecule has 23 heavy (non-hydrogen) atoms. The van der Waals surface area contributed by atoms with Gasteiger partial charge in [-0.2, -0.15) is 5.10 Å². The fraction of sp³-hybridized carbons (Fsp3) is 0.353. The molecule has 0 bridgehead atoms. The fourth-order valence-corrected chi connectivity index (χ4v) is 2.90. The van der Waals surface area contributed by atoms with Crippen molar-refractivity contribution < 1.29 is 9.59 Å². The lowest BCUT2D eigenvalue weighted by atomic mass is 10.1. The Morgan fingerprint density at radius 1 is 1.35 bits per heavy atom. The van der Waals surface area contributed by atoms with Crippen LogP contribution in [0.15, 0.2) is 36.5 Å². The van der Waals surface area contributed by atoms with Crippen LogP contribution in [-0.4, -0.2) is 28.1 Å². The van der Waals surface area contributed by atoms with Crippen LogP contribution in [0.2, 0.25) is 0 Å². The number of aromatic nitrogens is 2. The van der Waals surface area contributed by atoms with Gasteiger partial charge in [0.1, 0.15) is 0 Å². The quantitative estimate of drug-likeness (QED) is 0.938. The van der Waals surface area contributed by atoms with Crippen LogP contribution >= 0.6 is 0 Å². The van der Waals surface area contributed by atoms with Gasteiger partial charge in [0, 0.05) is 38.0 Å². The molecule has 1 aromatic heterocycles. The van der Waals surface area contributed by atoms with Gasteiger partial charge in [-0.1, -0.05) is 25.1 Å². The number of carbonyl (C=O) groups is 2. The van der Waals surface area contributed by atoms with E-state index in [1.807, 2.05) is 24.3 Å². The molecule has 1 aliphatic rings. The van der Waals surface area contributed by atoms with Crippen LogP contribution in [-0.2, 0) is 23.1 Å². The van der Waals surface area contributed by atoms with E-state index in [2.05, 4.69) is 17.3 Å². The maximum absolute atomic E-state index is 12.4. The molecule has 3 rings (SSSR count). The van der Waals surface area contributed by atoms with Gasteiger partial charge in [0.2, 0.25) is 11.8 Å². The zero-order valence-electron chi connectivity index (χ0n) is 13.3. The average Bonchev–Trinajstić information content (AvgIpc) is 3.13. The van der Waals surface area contributed by atoms with Crippen molar-refractivity contribution in [1.82, 2.24) is 9.78 Å². The molecule has 1 saturated heterocycles. The summed E-state index contributed by atoms with van der Waals surface area (Å²) < 4.78 is 1.62. The minimum atomic E-state index is -0.352. The highest BCUT2D eigenvalue weighted by Gasteiger charge is 2.35. The van der Waals surface area contributed by atoms with Crippen LogP contribution < -0.4 is 10.2 Å². The fourth-order valence-electron chi connectivity index (χ4n) is 2.90. The van der Waals surface area contributed by atoms with Gasteiger partial charge in [0.25, 0.3) is 0 Å². The minimum absolute atomic E-state index is 0.00734. The van der Waals surface area contributed by atoms with Crippen molar-refractivity contribution in [3.05, 3.63) is 42.1 Å². The smallest absolute Gasteiger partial charge is 0.231 e. The van der Waals surface area contributed by atoms with E-state index >= 15 is 0 Å². The van der Waals surface area contributed by atoms with Gasteiger partial charge in [-0.25, -0.2) is 0 Å². The topological polar surface area (TPSA) is 67.2 Å². The van der Waals surface area contributed by atoms with Gasteiger partial charge < -0.3 is 10.2 Å². The van der Waals surface area contributed by atoms with Crippen molar-refractivity contribution in [3.63, 3.8) is 0 Å². The lowest BCUT2D eigenvalue weighted by molar-refractivity contribution is -0.122. The second-order valence-electron chi connectivity index (χ2n) is 5.75. The van der Waals surface area contributed by atoms with Gasteiger partial charge in [-0.15, -0.1) is 0 Å². The molecule has 120 valence electrons. The molecule has 0 saturated carbocycles. The predicted molar refractivity (Wildman–Crippen MR) is 88.1 cm³/mol. The highest BCUT2D eigenvalue weighted by Crippen LogP contribution is 2.29. The molecule has 0 radical (unpaired) electrons. The van der Waals surface area contributed by atoms with Crippen molar-refractivity contribution in [2.75, 3.05) is 16.8 Å². The third-order valence-electron chi connectivity index (χ3n) is 4.12. The van der Waals surface area contributed by atoms with Crippen LogP contribution in [0.4, 0.5) is 11.5 Å². The van der Waals surface area contributed by atoms with Gasteiger partial charge in [0.15, 0.2) is 5.82 Å². The summed E-state index contributed by atoms with van der Waals surface area (Å²) in [4.78, 5) is 26.4. The SMILES string of the molecule is CCc1ccccc1N1C[C@H](C(=O)Nc2ccn(C)n2)CC1=O. The molecule has 6 heteroatoms. The highest BCUT2D eigenvalue weighted by atomic mass is 16.2. The van der Waals surface area contributed by atoms with Gasteiger partial charge in [0.05, 0.1) is 5.92 Å². The van der Waals surface area contributed by atoms with Crippen LogP contribution in [0, 0.1) is 5.92 Å². The number of carbonyl (C=O) groups excluding carboxylic acids is 2. The highest BCUT2D eigenvalue weighted by molar-refractivity contribution is 6.03. The Morgan fingerprint density at radius 3 is 2.83 bits per heavy atom. The van der Waals surface area contributed by atoms with E-state index in [0.717, 1.165) is 17.7 Å². The third kappa shape index (κ3) is 3.11. The van der Waals surface area contributed by atoms with Gasteiger partial charge >= 0.3 is 0 Å². The molecule has 1 N–H and O–H groups in total. The number of hydrogen-bond acceptors (Lipinski definition) is 3. The van der Waals surface area contributed by atoms with Crippen molar-refractivity contribution in [2.24, 2.45) is 13.0 Å². The molecule has 6 nitrogen and oxygen atoms in total. The molecule has 2 aromatic rings. The number of anilines is 2. The largest absolute Gasteiger partial charge is 0.311 e. The minimum Gasteiger partial charge on any atom is -0.311 e. The normalized spacial score (nSPS) is 17.6. The first-order chi connectivity index (χ1) is 11.1. The summed E-state index contributed by atoms with van der Waals surface area (Å²) in [5.74, 6) is -0.00706. The number of nitrogens with zero attached hydrogens (tertiary/aromatic N) is 3. The zero-order valence-corrected chi connectivity index (χ0v) is 13.3. The summed E-state index contributed by atoms with van der Waals surface area (Å²) >= 11 is 0. The molecule has 0 aliphatic carbocycles. The van der Waals surface area contributed by atoms with Gasteiger partial charge in [-0.05, 0) is 18.1 Å². The molecule has 0 spiro atoms. The summed E-state index contributed by atoms with van der Waals surface area (Å²) in [5.41, 5.74) is 2.03. The first-order valence-electron chi connectivity index (χ1n) is 7.77. The van der Waals surface area contributed by atoms with E-state index in [9.17, 15) is 9.59 Å². The molecule has 1 aromatic carbocycles. The molecule has 2 amide bonds. The van der Waals surface area contributed by atoms with E-state index in [4.69, 9.17) is 0 Å². The number of hydrogen-bond donors (Lipinski definition) is 1. The maximum atomic E-state index is 12.4. The van der Waals surface area contributed by atoms with Crippen molar-refractivity contribution >= 4 is 23.3 Å². The second-order valence-corrected chi connectivity index (χ2v) is 5.75. The number of nitrogens with one attached hydrogen (secondary N) is 1. The predicted octanol–water partition coefficient (Wildman–Crippen LogP) is 1.97. The van der Waals surface area contributed by atoms with Crippen molar-refractivity contribution in [3.8, 4) is 0 Å². The molecule has 1 fully saturated rings. The summed E-state index contributed by atoms with van der Waals surface area (Å²) in [6.45, 7) is 2.47. The lowest BCUT2D eigenvalue weighted by Gasteiger charge is -2.19. The van der Waals surface area contributed by atoms with E-state index in [0.29, 0.717) is 12.4 Å². The third-order valence-corrected chi connectivity index (χ3v) is 4.12. The number of rotatable bonds is 4. The van der Waals surface area contributed by atoms with Crippen LogP contribution in [0.5, 0.6) is 0 Å². The van der Waals surface area contributed by atoms with Crippen molar-refractivity contribution in [2.45, 2.75) is 19.8 Å². The second kappa shape index (κ2) is 6.24. The molecule has 2 heterocycles. The summed E-state index contributed by atoms with van der Waals surface area (Å²) in [6.07, 6.45) is 2.85. The summed E-state index contributed by atoms with van der Waals surface area (Å²) in [7, 11) is 1.79. The number of amides is 2. The first-order valence-corrected chi connectivity index (χ1v) is 7.77. The van der Waals surface area contributed by atoms with E-state index in [1.165, 1.54) is 0 Å². The van der Waals surface area contributed by atoms with E-state index in [1.54, 1.807) is 28.9 Å². The Bertz CT molecular complexity index is 738. The van der Waals surface area contributed by atoms with Crippen LogP contribution in [0.1, 0.15) is 18.9 Å². The average molecular weight is 312 g/mol. The van der Waals surface area contributed by atoms with Crippen molar-refractivity contribution in [1.29, 1.82) is 0 Å². The number of para-hydroxylation sites is 1. The number of benzene rings is 1. The van der Waals surface area contributed by atoms with Crippen LogP contribution in [0.25, 0.3) is 0 Å². The Hall–Kier alpha value is -2.63. The number of aryl methyl sites for hydroxylation is 2.